The summed E-state index contributed by atoms with van der Waals surface area (Å²) < 4.78 is 25.0. The molecule has 128 valence electrons. The highest BCUT2D eigenvalue weighted by Crippen LogP contribution is 2.30. The van der Waals surface area contributed by atoms with E-state index in [0.717, 1.165) is 5.69 Å². The van der Waals surface area contributed by atoms with Crippen LogP contribution in [0.1, 0.15) is 37.0 Å². The van der Waals surface area contributed by atoms with Gasteiger partial charge in [-0.1, -0.05) is 0 Å². The minimum Gasteiger partial charge on any atom is -0.349 e. The van der Waals surface area contributed by atoms with Crippen molar-refractivity contribution in [1.29, 1.82) is 0 Å². The molecule has 3 rings (SSSR count). The first-order valence-corrected chi connectivity index (χ1v) is 9.57. The number of hydrogen-bond donors (Lipinski definition) is 1. The van der Waals surface area contributed by atoms with Gasteiger partial charge < -0.3 is 5.32 Å². The summed E-state index contributed by atoms with van der Waals surface area (Å²) in [5.74, 6) is -0.0643. The van der Waals surface area contributed by atoms with Gasteiger partial charge in [0.05, 0.1) is 16.2 Å². The number of amides is 1. The quantitative estimate of drug-likeness (QED) is 0.920. The van der Waals surface area contributed by atoms with Crippen LogP contribution >= 0.6 is 0 Å². The van der Waals surface area contributed by atoms with E-state index >= 15 is 0 Å². The van der Waals surface area contributed by atoms with Crippen LogP contribution in [0.2, 0.25) is 0 Å². The molecule has 1 aliphatic heterocycles. The van der Waals surface area contributed by atoms with Gasteiger partial charge in [-0.2, -0.15) is 5.10 Å². The van der Waals surface area contributed by atoms with E-state index in [4.69, 9.17) is 0 Å². The molecule has 1 aliphatic rings. The van der Waals surface area contributed by atoms with Crippen LogP contribution in [-0.4, -0.2) is 40.6 Å². The van der Waals surface area contributed by atoms with E-state index in [1.165, 1.54) is 0 Å². The monoisotopic (exact) mass is 347 g/mol. The summed E-state index contributed by atoms with van der Waals surface area (Å²) in [6, 6.07) is 8.86. The summed E-state index contributed by atoms with van der Waals surface area (Å²) in [4.78, 5) is 12.4. The molecule has 7 heteroatoms. The van der Waals surface area contributed by atoms with Gasteiger partial charge in [-0.05, 0) is 57.0 Å². The van der Waals surface area contributed by atoms with E-state index in [0.29, 0.717) is 18.4 Å². The second-order valence-corrected chi connectivity index (χ2v) is 9.48. The molecule has 1 aromatic carbocycles. The Morgan fingerprint density at radius 1 is 1.29 bits per heavy atom. The molecule has 6 nitrogen and oxygen atoms in total. The number of carbonyl (C=O) groups excluding carboxylic acids is 1. The van der Waals surface area contributed by atoms with Crippen LogP contribution in [0.3, 0.4) is 0 Å². The summed E-state index contributed by atoms with van der Waals surface area (Å²) in [7, 11) is -3.09. The topological polar surface area (TPSA) is 81.1 Å². The molecule has 24 heavy (non-hydrogen) atoms. The number of nitrogens with zero attached hydrogens (tertiary/aromatic N) is 2. The van der Waals surface area contributed by atoms with Gasteiger partial charge in [0.1, 0.15) is 0 Å². The van der Waals surface area contributed by atoms with Crippen molar-refractivity contribution in [3.05, 3.63) is 48.3 Å². The maximum absolute atomic E-state index is 12.4. The standard InChI is InChI=1S/C17H21N3O3S/c1-17(2)12-14(8-11-24(17,22)23)19-16(21)13-4-6-15(7-5-13)20-10-3-9-18-20/h3-7,9-10,14H,8,11-12H2,1-2H3,(H,19,21). The second-order valence-electron chi connectivity index (χ2n) is 6.74. The Morgan fingerprint density at radius 3 is 2.58 bits per heavy atom. The number of hydrogen-bond acceptors (Lipinski definition) is 4. The molecule has 0 saturated carbocycles. The summed E-state index contributed by atoms with van der Waals surface area (Å²) in [6.07, 6.45) is 4.43. The molecular formula is C17H21N3O3S. The summed E-state index contributed by atoms with van der Waals surface area (Å²) in [6.45, 7) is 3.44. The number of nitrogens with one attached hydrogen (secondary N) is 1. The number of aromatic nitrogens is 2. The van der Waals surface area contributed by atoms with E-state index in [1.807, 2.05) is 24.4 Å². The van der Waals surface area contributed by atoms with Crippen LogP contribution in [0.15, 0.2) is 42.7 Å². The second kappa shape index (κ2) is 6.05. The molecule has 1 fully saturated rings. The molecule has 1 amide bonds. The summed E-state index contributed by atoms with van der Waals surface area (Å²) >= 11 is 0. The van der Waals surface area contributed by atoms with E-state index in [2.05, 4.69) is 10.4 Å². The number of carbonyl (C=O) groups is 1. The number of benzene rings is 1. The third-order valence-corrected chi connectivity index (χ3v) is 7.17. The van der Waals surface area contributed by atoms with Gasteiger partial charge in [-0.3, -0.25) is 4.79 Å². The largest absolute Gasteiger partial charge is 0.349 e. The molecule has 2 aromatic rings. The Hall–Kier alpha value is -2.15. The molecule has 0 aliphatic carbocycles. The fourth-order valence-corrected chi connectivity index (χ4v) is 4.58. The Kier molecular flexibility index (Phi) is 4.21. The molecular weight excluding hydrogens is 326 g/mol. The van der Waals surface area contributed by atoms with Gasteiger partial charge in [-0.15, -0.1) is 0 Å². The fourth-order valence-electron chi connectivity index (χ4n) is 2.98. The first kappa shape index (κ1) is 16.7. The zero-order chi connectivity index (χ0) is 17.4. The van der Waals surface area contributed by atoms with Gasteiger partial charge in [0.15, 0.2) is 9.84 Å². The van der Waals surface area contributed by atoms with E-state index < -0.39 is 14.6 Å². The van der Waals surface area contributed by atoms with Crippen LogP contribution in [0, 0.1) is 0 Å². The third-order valence-electron chi connectivity index (χ3n) is 4.55. The number of sulfone groups is 1. The maximum atomic E-state index is 12.4. The van der Waals surface area contributed by atoms with Gasteiger partial charge in [-0.25, -0.2) is 13.1 Å². The van der Waals surface area contributed by atoms with Crippen molar-refractivity contribution < 1.29 is 13.2 Å². The molecule has 0 radical (unpaired) electrons. The lowest BCUT2D eigenvalue weighted by Gasteiger charge is -2.35. The summed E-state index contributed by atoms with van der Waals surface area (Å²) in [5, 5.41) is 7.10. The molecule has 2 heterocycles. The van der Waals surface area contributed by atoms with E-state index in [1.54, 1.807) is 36.9 Å². The lowest BCUT2D eigenvalue weighted by Crippen LogP contribution is -2.49. The van der Waals surface area contributed by atoms with Crippen molar-refractivity contribution in [2.24, 2.45) is 0 Å². The number of rotatable bonds is 3. The molecule has 1 N–H and O–H groups in total. The minimum atomic E-state index is -3.09. The Morgan fingerprint density at radius 2 is 2.00 bits per heavy atom. The highest BCUT2D eigenvalue weighted by atomic mass is 32.2. The molecule has 1 aromatic heterocycles. The van der Waals surface area contributed by atoms with Gasteiger partial charge in [0, 0.05) is 24.0 Å². The zero-order valence-electron chi connectivity index (χ0n) is 13.8. The normalized spacial score (nSPS) is 22.0. The average Bonchev–Trinajstić information content (AvgIpc) is 3.05. The smallest absolute Gasteiger partial charge is 0.251 e. The van der Waals surface area contributed by atoms with Crippen molar-refractivity contribution in [1.82, 2.24) is 15.1 Å². The van der Waals surface area contributed by atoms with E-state index in [-0.39, 0.29) is 17.7 Å². The first-order chi connectivity index (χ1) is 11.3. The van der Waals surface area contributed by atoms with Crippen molar-refractivity contribution in [2.75, 3.05) is 5.75 Å². The van der Waals surface area contributed by atoms with Crippen molar-refractivity contribution >= 4 is 15.7 Å². The zero-order valence-corrected chi connectivity index (χ0v) is 14.6. The van der Waals surface area contributed by atoms with Crippen LogP contribution in [-0.2, 0) is 9.84 Å². The third kappa shape index (κ3) is 3.21. The molecule has 1 atom stereocenters. The fraction of sp³-hybridized carbons (Fsp3) is 0.412. The van der Waals surface area contributed by atoms with Crippen LogP contribution in [0.4, 0.5) is 0 Å². The van der Waals surface area contributed by atoms with Crippen molar-refractivity contribution in [3.63, 3.8) is 0 Å². The first-order valence-electron chi connectivity index (χ1n) is 7.92. The van der Waals surface area contributed by atoms with Crippen LogP contribution in [0.5, 0.6) is 0 Å². The molecule has 1 saturated heterocycles. The molecule has 1 unspecified atom stereocenters. The average molecular weight is 347 g/mol. The molecule has 0 bridgehead atoms. The van der Waals surface area contributed by atoms with E-state index in [9.17, 15) is 13.2 Å². The SMILES string of the molecule is CC1(C)CC(NC(=O)c2ccc(-n3cccn3)cc2)CCS1(=O)=O. The maximum Gasteiger partial charge on any atom is 0.251 e. The predicted octanol–water partition coefficient (Wildman–Crippen LogP) is 1.96. The highest BCUT2D eigenvalue weighted by Gasteiger charge is 2.41. The van der Waals surface area contributed by atoms with Crippen LogP contribution in [0.25, 0.3) is 5.69 Å². The van der Waals surface area contributed by atoms with Gasteiger partial charge >= 0.3 is 0 Å². The highest BCUT2D eigenvalue weighted by molar-refractivity contribution is 7.92. The Labute approximate surface area is 141 Å². The molecule has 0 spiro atoms. The van der Waals surface area contributed by atoms with Gasteiger partial charge in [0.25, 0.3) is 5.91 Å². The Bertz CT molecular complexity index is 824. The van der Waals surface area contributed by atoms with Crippen LogP contribution < -0.4 is 5.32 Å². The lowest BCUT2D eigenvalue weighted by atomic mass is 9.99. The van der Waals surface area contributed by atoms with Crippen molar-refractivity contribution in [2.45, 2.75) is 37.5 Å². The van der Waals surface area contributed by atoms with Gasteiger partial charge in [0.2, 0.25) is 0 Å². The summed E-state index contributed by atoms with van der Waals surface area (Å²) in [5.41, 5.74) is 1.43. The lowest BCUT2D eigenvalue weighted by molar-refractivity contribution is 0.0930. The van der Waals surface area contributed by atoms with Crippen molar-refractivity contribution in [3.8, 4) is 5.69 Å². The minimum absolute atomic E-state index is 0.114. The Balaban J connectivity index is 1.67. The predicted molar refractivity (Wildman–Crippen MR) is 91.9 cm³/mol.